The summed E-state index contributed by atoms with van der Waals surface area (Å²) in [5, 5.41) is 16.4. The van der Waals surface area contributed by atoms with Gasteiger partial charge in [0.1, 0.15) is 5.69 Å². The average Bonchev–Trinajstić information content (AvgIpc) is 2.79. The van der Waals surface area contributed by atoms with Crippen molar-refractivity contribution in [1.29, 1.82) is 0 Å². The second-order valence-electron chi connectivity index (χ2n) is 7.16. The maximum atomic E-state index is 12.4. The Bertz CT molecular complexity index is 1020. The molecule has 0 aromatic heterocycles. The summed E-state index contributed by atoms with van der Waals surface area (Å²) in [6.45, 7) is 0.0657. The molecular formula is C21H21ClN4O6. The van der Waals surface area contributed by atoms with Gasteiger partial charge < -0.3 is 20.3 Å². The van der Waals surface area contributed by atoms with Crippen molar-refractivity contribution in [2.24, 2.45) is 5.92 Å². The Hall–Kier alpha value is -3.66. The lowest BCUT2D eigenvalue weighted by Crippen LogP contribution is -2.45. The third-order valence-corrected chi connectivity index (χ3v) is 5.08. The van der Waals surface area contributed by atoms with Crippen molar-refractivity contribution in [3.05, 3.63) is 63.7 Å². The van der Waals surface area contributed by atoms with Gasteiger partial charge in [0.25, 0.3) is 11.6 Å². The molecule has 2 N–H and O–H groups in total. The van der Waals surface area contributed by atoms with Crippen LogP contribution < -0.4 is 10.6 Å². The molecule has 1 fully saturated rings. The summed E-state index contributed by atoms with van der Waals surface area (Å²) in [4.78, 5) is 48.9. The van der Waals surface area contributed by atoms with Gasteiger partial charge >= 0.3 is 12.0 Å². The van der Waals surface area contributed by atoms with Crippen LogP contribution in [0.4, 0.5) is 21.9 Å². The maximum Gasteiger partial charge on any atom is 0.321 e. The Morgan fingerprint density at radius 3 is 2.62 bits per heavy atom. The van der Waals surface area contributed by atoms with Gasteiger partial charge in [-0.15, -0.1) is 0 Å². The van der Waals surface area contributed by atoms with E-state index in [4.69, 9.17) is 16.3 Å². The van der Waals surface area contributed by atoms with E-state index in [-0.39, 0.29) is 29.0 Å². The second kappa shape index (κ2) is 10.6. The predicted molar refractivity (Wildman–Crippen MR) is 117 cm³/mol. The van der Waals surface area contributed by atoms with Crippen molar-refractivity contribution < 1.29 is 24.0 Å². The molecule has 32 heavy (non-hydrogen) atoms. The number of hydrogen-bond acceptors (Lipinski definition) is 6. The zero-order chi connectivity index (χ0) is 23.1. The molecule has 2 aromatic rings. The Labute approximate surface area is 188 Å². The number of nitrogens with zero attached hydrogens (tertiary/aromatic N) is 2. The number of esters is 1. The number of nitro groups is 1. The minimum Gasteiger partial charge on any atom is -0.455 e. The lowest BCUT2D eigenvalue weighted by atomic mass is 9.98. The van der Waals surface area contributed by atoms with Crippen LogP contribution in [0, 0.1) is 16.0 Å². The van der Waals surface area contributed by atoms with E-state index in [9.17, 15) is 24.5 Å². The molecular weight excluding hydrogens is 440 g/mol. The molecule has 11 heteroatoms. The van der Waals surface area contributed by atoms with Crippen LogP contribution >= 0.6 is 11.6 Å². The van der Waals surface area contributed by atoms with Crippen molar-refractivity contribution in [2.45, 2.75) is 12.8 Å². The number of carbonyl (C=O) groups excluding carboxylic acids is 3. The highest BCUT2D eigenvalue weighted by molar-refractivity contribution is 6.31. The van der Waals surface area contributed by atoms with Crippen LogP contribution in [0.2, 0.25) is 5.02 Å². The van der Waals surface area contributed by atoms with Crippen molar-refractivity contribution >= 4 is 46.6 Å². The number of carbonyl (C=O) groups is 3. The van der Waals surface area contributed by atoms with E-state index in [1.54, 1.807) is 24.3 Å². The minimum absolute atomic E-state index is 0.0538. The summed E-state index contributed by atoms with van der Waals surface area (Å²) in [6.07, 6.45) is 1.14. The highest BCUT2D eigenvalue weighted by Crippen LogP contribution is 2.27. The van der Waals surface area contributed by atoms with Gasteiger partial charge in [-0.3, -0.25) is 19.7 Å². The first-order valence-electron chi connectivity index (χ1n) is 9.85. The molecule has 1 saturated heterocycles. The first kappa shape index (κ1) is 23.0. The molecule has 10 nitrogen and oxygen atoms in total. The Kier molecular flexibility index (Phi) is 7.61. The summed E-state index contributed by atoms with van der Waals surface area (Å²) in [7, 11) is 0. The number of urea groups is 1. The number of piperidine rings is 1. The third kappa shape index (κ3) is 6.17. The number of rotatable bonds is 6. The van der Waals surface area contributed by atoms with Gasteiger partial charge in [-0.05, 0) is 37.1 Å². The predicted octanol–water partition coefficient (Wildman–Crippen LogP) is 3.67. The number of nitro benzene ring substituents is 1. The molecule has 0 saturated carbocycles. The zero-order valence-corrected chi connectivity index (χ0v) is 17.7. The summed E-state index contributed by atoms with van der Waals surface area (Å²) in [5.41, 5.74) is 0.224. The first-order valence-corrected chi connectivity index (χ1v) is 10.2. The van der Waals surface area contributed by atoms with E-state index < -0.39 is 29.3 Å². The number of ether oxygens (including phenoxy) is 1. The SMILES string of the molecule is O=C(COC(=O)C1CCCN(C(=O)Nc2ccccc2)C1)Nc1ccc(Cl)cc1[N+](=O)[O-]. The van der Waals surface area contributed by atoms with E-state index in [2.05, 4.69) is 10.6 Å². The Balaban J connectivity index is 1.50. The van der Waals surface area contributed by atoms with Gasteiger partial charge in [0.15, 0.2) is 6.61 Å². The van der Waals surface area contributed by atoms with E-state index in [1.165, 1.54) is 17.0 Å². The summed E-state index contributed by atoms with van der Waals surface area (Å²) in [6, 6.07) is 12.4. The Morgan fingerprint density at radius 1 is 1.16 bits per heavy atom. The Morgan fingerprint density at radius 2 is 1.91 bits per heavy atom. The molecule has 1 aliphatic rings. The van der Waals surface area contributed by atoms with Gasteiger partial charge in [0, 0.05) is 29.9 Å². The normalized spacial score (nSPS) is 15.5. The third-order valence-electron chi connectivity index (χ3n) is 4.84. The molecule has 0 aliphatic carbocycles. The minimum atomic E-state index is -0.724. The average molecular weight is 461 g/mol. The van der Waals surface area contributed by atoms with E-state index in [0.29, 0.717) is 25.1 Å². The molecule has 0 radical (unpaired) electrons. The smallest absolute Gasteiger partial charge is 0.321 e. The molecule has 3 amide bonds. The summed E-state index contributed by atoms with van der Waals surface area (Å²) in [5.74, 6) is -1.90. The molecule has 0 bridgehead atoms. The number of halogens is 1. The number of anilines is 2. The lowest BCUT2D eigenvalue weighted by Gasteiger charge is -2.31. The van der Waals surface area contributed by atoms with Gasteiger partial charge in [0.2, 0.25) is 0 Å². The van der Waals surface area contributed by atoms with Crippen molar-refractivity contribution in [3.8, 4) is 0 Å². The zero-order valence-electron chi connectivity index (χ0n) is 17.0. The molecule has 1 atom stereocenters. The van der Waals surface area contributed by atoms with Gasteiger partial charge in [-0.2, -0.15) is 0 Å². The van der Waals surface area contributed by atoms with Crippen LogP contribution in [0.1, 0.15) is 12.8 Å². The van der Waals surface area contributed by atoms with Gasteiger partial charge in [-0.25, -0.2) is 4.79 Å². The van der Waals surface area contributed by atoms with Crippen molar-refractivity contribution in [3.63, 3.8) is 0 Å². The van der Waals surface area contributed by atoms with Crippen molar-refractivity contribution in [2.75, 3.05) is 30.3 Å². The number of likely N-dealkylation sites (tertiary alicyclic amines) is 1. The van der Waals surface area contributed by atoms with Crippen LogP contribution in [0.15, 0.2) is 48.5 Å². The molecule has 3 rings (SSSR count). The molecule has 1 unspecified atom stereocenters. The first-order chi connectivity index (χ1) is 15.3. The molecule has 2 aromatic carbocycles. The number of benzene rings is 2. The molecule has 168 valence electrons. The highest BCUT2D eigenvalue weighted by atomic mass is 35.5. The summed E-state index contributed by atoms with van der Waals surface area (Å²) >= 11 is 5.75. The number of amides is 3. The van der Waals surface area contributed by atoms with Crippen LogP contribution in [-0.2, 0) is 14.3 Å². The van der Waals surface area contributed by atoms with Crippen molar-refractivity contribution in [1.82, 2.24) is 4.90 Å². The van der Waals surface area contributed by atoms with Crippen LogP contribution in [0.3, 0.4) is 0 Å². The van der Waals surface area contributed by atoms with Crippen LogP contribution in [-0.4, -0.2) is 47.4 Å². The largest absolute Gasteiger partial charge is 0.455 e. The van der Waals surface area contributed by atoms with E-state index >= 15 is 0 Å². The second-order valence-corrected chi connectivity index (χ2v) is 7.59. The van der Waals surface area contributed by atoms with E-state index in [0.717, 1.165) is 6.07 Å². The van der Waals surface area contributed by atoms with Crippen LogP contribution in [0.25, 0.3) is 0 Å². The fourth-order valence-electron chi connectivity index (χ4n) is 3.28. The quantitative estimate of drug-likeness (QED) is 0.384. The number of hydrogen-bond donors (Lipinski definition) is 2. The number of para-hydroxylation sites is 1. The fraction of sp³-hybridized carbons (Fsp3) is 0.286. The van der Waals surface area contributed by atoms with Gasteiger partial charge in [0.05, 0.1) is 10.8 Å². The fourth-order valence-corrected chi connectivity index (χ4v) is 3.45. The van der Waals surface area contributed by atoms with Crippen LogP contribution in [0.5, 0.6) is 0 Å². The summed E-state index contributed by atoms with van der Waals surface area (Å²) < 4.78 is 5.08. The maximum absolute atomic E-state index is 12.4. The monoisotopic (exact) mass is 460 g/mol. The molecule has 0 spiro atoms. The van der Waals surface area contributed by atoms with Gasteiger partial charge in [-0.1, -0.05) is 29.8 Å². The topological polar surface area (TPSA) is 131 Å². The highest BCUT2D eigenvalue weighted by Gasteiger charge is 2.30. The van der Waals surface area contributed by atoms with E-state index in [1.807, 2.05) is 6.07 Å². The lowest BCUT2D eigenvalue weighted by molar-refractivity contribution is -0.383. The molecule has 1 heterocycles. The molecule has 1 aliphatic heterocycles. The standard InChI is InChI=1S/C21H21ClN4O6/c22-15-8-9-17(18(11-15)26(30)31)24-19(27)13-32-20(28)14-5-4-10-25(12-14)21(29)23-16-6-2-1-3-7-16/h1-3,6-9,11,14H,4-5,10,12-13H2,(H,23,29)(H,24,27). The number of nitrogens with one attached hydrogen (secondary N) is 2.